The normalized spacial score (nSPS) is 11.7. The summed E-state index contributed by atoms with van der Waals surface area (Å²) < 4.78 is 0. The first-order chi connectivity index (χ1) is 5.72. The maximum atomic E-state index is 10.5. The summed E-state index contributed by atoms with van der Waals surface area (Å²) in [7, 11) is 0. The van der Waals surface area contributed by atoms with Crippen molar-refractivity contribution in [2.45, 2.75) is 26.2 Å². The van der Waals surface area contributed by atoms with Crippen molar-refractivity contribution in [3.8, 4) is 0 Å². The predicted molar refractivity (Wildman–Crippen MR) is 46.5 cm³/mol. The van der Waals surface area contributed by atoms with Crippen LogP contribution >= 0.6 is 0 Å². The molecule has 0 aliphatic heterocycles. The van der Waals surface area contributed by atoms with E-state index >= 15 is 0 Å². The molecule has 2 N–H and O–H groups in total. The summed E-state index contributed by atoms with van der Waals surface area (Å²) >= 11 is 0. The summed E-state index contributed by atoms with van der Waals surface area (Å²) in [6.45, 7) is 2.08. The Balaban J connectivity index is 3.94. The molecule has 0 fully saturated rings. The first-order valence-electron chi connectivity index (χ1n) is 4.09. The maximum Gasteiger partial charge on any atom is 0.349 e. The number of aliphatic hydroxyl groups excluding tert-OH is 1. The standard InChI is InChI=1S/C8H15NO3/c1-2-3-4-7(8(11)12)9-5-6-10/h10H,2-6H2,1H3,(H,11,12). The molecule has 0 spiro atoms. The molecule has 0 amide bonds. The van der Waals surface area contributed by atoms with E-state index in [0.717, 1.165) is 12.8 Å². The molecule has 0 rings (SSSR count). The van der Waals surface area contributed by atoms with Gasteiger partial charge >= 0.3 is 5.97 Å². The highest BCUT2D eigenvalue weighted by Gasteiger charge is 2.06. The van der Waals surface area contributed by atoms with Crippen molar-refractivity contribution in [3.63, 3.8) is 0 Å². The van der Waals surface area contributed by atoms with Crippen LogP contribution in [0.15, 0.2) is 4.99 Å². The number of carbonyl (C=O) groups is 1. The van der Waals surface area contributed by atoms with E-state index in [2.05, 4.69) is 4.99 Å². The second-order valence-electron chi connectivity index (χ2n) is 2.46. The number of aliphatic hydroxyl groups is 1. The molecule has 12 heavy (non-hydrogen) atoms. The molecule has 0 saturated heterocycles. The van der Waals surface area contributed by atoms with Crippen LogP contribution < -0.4 is 0 Å². The molecule has 4 heteroatoms. The van der Waals surface area contributed by atoms with Crippen LogP contribution in [-0.2, 0) is 4.79 Å². The van der Waals surface area contributed by atoms with Crippen molar-refractivity contribution in [1.82, 2.24) is 0 Å². The van der Waals surface area contributed by atoms with Crippen LogP contribution in [0.5, 0.6) is 0 Å². The van der Waals surface area contributed by atoms with Crippen molar-refractivity contribution < 1.29 is 15.0 Å². The molecule has 0 unspecified atom stereocenters. The number of unbranched alkanes of at least 4 members (excludes halogenated alkanes) is 1. The summed E-state index contributed by atoms with van der Waals surface area (Å²) in [6.07, 6.45) is 2.27. The molecule has 70 valence electrons. The Kier molecular flexibility index (Phi) is 6.28. The van der Waals surface area contributed by atoms with Crippen molar-refractivity contribution in [2.75, 3.05) is 13.2 Å². The summed E-state index contributed by atoms with van der Waals surface area (Å²) in [5.74, 6) is -0.975. The van der Waals surface area contributed by atoms with E-state index in [9.17, 15) is 4.79 Å². The number of rotatable bonds is 6. The van der Waals surface area contributed by atoms with Gasteiger partial charge in [0.25, 0.3) is 0 Å². The molecule has 0 aliphatic carbocycles. The van der Waals surface area contributed by atoms with Crippen LogP contribution in [0.3, 0.4) is 0 Å². The molecule has 0 bridgehead atoms. The Morgan fingerprint density at radius 1 is 1.50 bits per heavy atom. The zero-order valence-corrected chi connectivity index (χ0v) is 7.29. The molecule has 0 aliphatic rings. The first-order valence-corrected chi connectivity index (χ1v) is 4.09. The number of nitrogens with zero attached hydrogens (tertiary/aromatic N) is 1. The van der Waals surface area contributed by atoms with E-state index in [-0.39, 0.29) is 18.9 Å². The van der Waals surface area contributed by atoms with Crippen LogP contribution in [0.4, 0.5) is 0 Å². The van der Waals surface area contributed by atoms with Crippen molar-refractivity contribution in [2.24, 2.45) is 4.99 Å². The van der Waals surface area contributed by atoms with Crippen molar-refractivity contribution >= 4 is 11.7 Å². The van der Waals surface area contributed by atoms with Crippen LogP contribution in [0.1, 0.15) is 26.2 Å². The third-order valence-corrected chi connectivity index (χ3v) is 1.42. The van der Waals surface area contributed by atoms with E-state index in [4.69, 9.17) is 10.2 Å². The van der Waals surface area contributed by atoms with Gasteiger partial charge in [0.15, 0.2) is 0 Å². The summed E-state index contributed by atoms with van der Waals surface area (Å²) in [5, 5.41) is 17.0. The average Bonchev–Trinajstić information content (AvgIpc) is 2.04. The molecular weight excluding hydrogens is 158 g/mol. The van der Waals surface area contributed by atoms with Gasteiger partial charge in [0.2, 0.25) is 0 Å². The topological polar surface area (TPSA) is 69.9 Å². The molecule has 0 heterocycles. The van der Waals surface area contributed by atoms with Gasteiger partial charge in [-0.3, -0.25) is 4.99 Å². The van der Waals surface area contributed by atoms with Crippen molar-refractivity contribution in [1.29, 1.82) is 0 Å². The summed E-state index contributed by atoms with van der Waals surface area (Å²) in [4.78, 5) is 14.2. The molecular formula is C8H15NO3. The molecule has 0 saturated carbocycles. The van der Waals surface area contributed by atoms with Crippen molar-refractivity contribution in [3.05, 3.63) is 0 Å². The third kappa shape index (κ3) is 4.85. The minimum absolute atomic E-state index is 0.0943. The van der Waals surface area contributed by atoms with E-state index in [1.807, 2.05) is 6.92 Å². The zero-order valence-electron chi connectivity index (χ0n) is 7.29. The second-order valence-corrected chi connectivity index (χ2v) is 2.46. The monoisotopic (exact) mass is 173 g/mol. The predicted octanol–water partition coefficient (Wildman–Crippen LogP) is 0.695. The highest BCUT2D eigenvalue weighted by atomic mass is 16.4. The SMILES string of the molecule is CCCCC(=NCCO)C(=O)O. The Bertz CT molecular complexity index is 166. The fourth-order valence-electron chi connectivity index (χ4n) is 0.783. The minimum atomic E-state index is -0.975. The second kappa shape index (κ2) is 6.79. The summed E-state index contributed by atoms with van der Waals surface area (Å²) in [5.41, 5.74) is 0.172. The third-order valence-electron chi connectivity index (χ3n) is 1.42. The number of hydrogen-bond donors (Lipinski definition) is 2. The van der Waals surface area contributed by atoms with Gasteiger partial charge < -0.3 is 10.2 Å². The lowest BCUT2D eigenvalue weighted by molar-refractivity contribution is -0.129. The number of hydrogen-bond acceptors (Lipinski definition) is 3. The van der Waals surface area contributed by atoms with E-state index in [1.54, 1.807) is 0 Å². The first kappa shape index (κ1) is 11.1. The van der Waals surface area contributed by atoms with Gasteiger partial charge in [0, 0.05) is 0 Å². The van der Waals surface area contributed by atoms with Crippen LogP contribution in [0.25, 0.3) is 0 Å². The quantitative estimate of drug-likeness (QED) is 0.581. The Hall–Kier alpha value is -0.900. The van der Waals surface area contributed by atoms with Gasteiger partial charge in [-0.2, -0.15) is 0 Å². The number of aliphatic imine (C=N–C) groups is 1. The Labute approximate surface area is 71.9 Å². The summed E-state index contributed by atoms with van der Waals surface area (Å²) in [6, 6.07) is 0. The molecule has 4 nitrogen and oxygen atoms in total. The van der Waals surface area contributed by atoms with E-state index in [0.29, 0.717) is 6.42 Å². The number of carboxylic acids is 1. The van der Waals surface area contributed by atoms with Crippen LogP contribution in [0.2, 0.25) is 0 Å². The smallest absolute Gasteiger partial charge is 0.349 e. The molecule has 0 radical (unpaired) electrons. The van der Waals surface area contributed by atoms with Gasteiger partial charge in [-0.1, -0.05) is 13.3 Å². The highest BCUT2D eigenvalue weighted by Crippen LogP contribution is 1.97. The number of carboxylic acid groups (broad SMARTS) is 1. The van der Waals surface area contributed by atoms with Gasteiger partial charge in [0.05, 0.1) is 13.2 Å². The molecule has 0 aromatic carbocycles. The minimum Gasteiger partial charge on any atom is -0.477 e. The van der Waals surface area contributed by atoms with Gasteiger partial charge in [-0.15, -0.1) is 0 Å². The van der Waals surface area contributed by atoms with E-state index < -0.39 is 5.97 Å². The van der Waals surface area contributed by atoms with Gasteiger partial charge in [0.1, 0.15) is 5.71 Å². The molecule has 0 atom stereocenters. The Morgan fingerprint density at radius 2 is 2.17 bits per heavy atom. The van der Waals surface area contributed by atoms with Gasteiger partial charge in [-0.25, -0.2) is 4.79 Å². The van der Waals surface area contributed by atoms with Crippen LogP contribution in [0, 0.1) is 0 Å². The van der Waals surface area contributed by atoms with Gasteiger partial charge in [-0.05, 0) is 12.8 Å². The average molecular weight is 173 g/mol. The number of aliphatic carboxylic acids is 1. The fourth-order valence-corrected chi connectivity index (χ4v) is 0.783. The van der Waals surface area contributed by atoms with Crippen LogP contribution in [-0.4, -0.2) is 35.0 Å². The molecule has 0 aromatic heterocycles. The largest absolute Gasteiger partial charge is 0.477 e. The molecule has 0 aromatic rings. The Morgan fingerprint density at radius 3 is 2.58 bits per heavy atom. The zero-order chi connectivity index (χ0) is 9.40. The lowest BCUT2D eigenvalue weighted by Crippen LogP contribution is -2.14. The maximum absolute atomic E-state index is 10.5. The highest BCUT2D eigenvalue weighted by molar-refractivity contribution is 6.35. The fraction of sp³-hybridized carbons (Fsp3) is 0.750. The lowest BCUT2D eigenvalue weighted by Gasteiger charge is -1.98. The van der Waals surface area contributed by atoms with E-state index in [1.165, 1.54) is 0 Å². The lowest BCUT2D eigenvalue weighted by atomic mass is 10.2.